The summed E-state index contributed by atoms with van der Waals surface area (Å²) in [6.45, 7) is 19.0. The summed E-state index contributed by atoms with van der Waals surface area (Å²) in [6.07, 6.45) is 11.2. The number of halogens is 2. The molecular formula is C47H62Cl2SiZr. The van der Waals surface area contributed by atoms with E-state index in [1.54, 1.807) is 22.3 Å². The van der Waals surface area contributed by atoms with Gasteiger partial charge in [-0.15, -0.1) is 24.8 Å². The molecule has 4 heteroatoms. The molecule has 0 amide bonds. The van der Waals surface area contributed by atoms with E-state index in [0.717, 1.165) is 6.42 Å². The molecule has 0 fully saturated rings. The Kier molecular flexibility index (Phi) is 13.6. The standard InChI is InChI=1S/C24H29.C21H23.2CH3.2ClH.H2Si.Zr/c1-5-8-18(4)22-15-21-9-7-10-23(24(21)16-22)20-13-11-19(12-14-20)17(3)6-2;1-4-15(3)17-9-11-18(12-10-17)20-8-6-7-19-13-16(5-2)14-21(19)20;;;;;;/h7,9-18H,5-6,8H2,1-4H3;6-15H,4-5H2,1-3H3;2*1H3;2*1H;1H2;. The topological polar surface area (TPSA) is 0 Å². The van der Waals surface area contributed by atoms with Gasteiger partial charge in [0.2, 0.25) is 0 Å². The third kappa shape index (κ3) is 7.69. The van der Waals surface area contributed by atoms with E-state index < -0.39 is 17.4 Å². The summed E-state index contributed by atoms with van der Waals surface area (Å²) in [6, 6.07) is 33.4. The summed E-state index contributed by atoms with van der Waals surface area (Å²) in [5.74, 6) is 1.77. The van der Waals surface area contributed by atoms with E-state index in [4.69, 9.17) is 0 Å². The monoisotopic (exact) mass is 814 g/mol. The average Bonchev–Trinajstić information content (AvgIpc) is 3.72. The van der Waals surface area contributed by atoms with Crippen molar-refractivity contribution in [3.63, 3.8) is 0 Å². The zero-order valence-electron chi connectivity index (χ0n) is 32.7. The third-order valence-corrected chi connectivity index (χ3v) is 30.1. The second-order valence-electron chi connectivity index (χ2n) is 16.7. The largest absolute Gasteiger partial charge is 0.147 e. The van der Waals surface area contributed by atoms with Crippen molar-refractivity contribution in [3.8, 4) is 22.3 Å². The maximum atomic E-state index is 2.82. The molecule has 0 N–H and O–H groups in total. The quantitative estimate of drug-likeness (QED) is 0.125. The Morgan fingerprint density at radius 1 is 0.588 bits per heavy atom. The molecule has 0 radical (unpaired) electrons. The summed E-state index contributed by atoms with van der Waals surface area (Å²) < 4.78 is 6.69. The number of rotatable bonds is 12. The van der Waals surface area contributed by atoms with Gasteiger partial charge >= 0.3 is 303 Å². The van der Waals surface area contributed by atoms with Crippen molar-refractivity contribution < 1.29 is 17.4 Å². The summed E-state index contributed by atoms with van der Waals surface area (Å²) in [5, 5.41) is 0. The first-order valence-corrected chi connectivity index (χ1v) is 33.1. The summed E-state index contributed by atoms with van der Waals surface area (Å²) in [7, 11) is 0. The normalized spacial score (nSPS) is 18.4. The molecule has 5 atom stereocenters. The second-order valence-corrected chi connectivity index (χ2v) is 47.2. The Balaban J connectivity index is 0.00000292. The van der Waals surface area contributed by atoms with Gasteiger partial charge in [-0.3, -0.25) is 0 Å². The van der Waals surface area contributed by atoms with Crippen LogP contribution < -0.4 is 0 Å². The zero-order valence-corrected chi connectivity index (χ0v) is 38.2. The van der Waals surface area contributed by atoms with Crippen LogP contribution in [-0.4, -0.2) is 6.88 Å². The maximum absolute atomic E-state index is 3.74. The molecule has 0 heterocycles. The van der Waals surface area contributed by atoms with Gasteiger partial charge in [-0.25, -0.2) is 0 Å². The third-order valence-electron chi connectivity index (χ3n) is 12.6. The molecule has 272 valence electrons. The number of allylic oxidation sites excluding steroid dienone is 2. The van der Waals surface area contributed by atoms with Crippen LogP contribution in [0.3, 0.4) is 0 Å². The van der Waals surface area contributed by atoms with Gasteiger partial charge in [-0.1, -0.05) is 0 Å². The molecule has 0 saturated carbocycles. The Hall–Kier alpha value is -1.96. The number of hydrogen-bond donors (Lipinski definition) is 0. The van der Waals surface area contributed by atoms with Gasteiger partial charge in [0, 0.05) is 0 Å². The van der Waals surface area contributed by atoms with Crippen molar-refractivity contribution in [2.75, 3.05) is 0 Å². The average molecular weight is 817 g/mol. The van der Waals surface area contributed by atoms with Crippen LogP contribution in [0.5, 0.6) is 0 Å². The maximum Gasteiger partial charge on any atom is -0.147 e. The Labute approximate surface area is 325 Å². The zero-order chi connectivity index (χ0) is 35.1. The number of fused-ring (bicyclic) bond motifs is 2. The van der Waals surface area contributed by atoms with Gasteiger partial charge in [0.1, 0.15) is 0 Å². The van der Waals surface area contributed by atoms with Gasteiger partial charge in [0.05, 0.1) is 0 Å². The van der Waals surface area contributed by atoms with Crippen LogP contribution >= 0.6 is 24.8 Å². The van der Waals surface area contributed by atoms with Gasteiger partial charge in [-0.05, 0) is 0 Å². The van der Waals surface area contributed by atoms with Crippen LogP contribution in [0.15, 0.2) is 96.1 Å². The molecule has 0 spiro atoms. The molecule has 6 rings (SSSR count). The molecule has 4 aromatic rings. The number of benzene rings is 4. The molecular weight excluding hydrogens is 755 g/mol. The van der Waals surface area contributed by atoms with Crippen LogP contribution in [-0.2, 0) is 17.4 Å². The van der Waals surface area contributed by atoms with E-state index in [1.165, 1.54) is 70.2 Å². The predicted molar refractivity (Wildman–Crippen MR) is 232 cm³/mol. The van der Waals surface area contributed by atoms with E-state index in [-0.39, 0.29) is 24.8 Å². The SMILES string of the molecule is CCCC(C)C1=Cc2c(-c3ccc(C(C)CC)cc3)cccc2[CH]1[Zr]([CH3])([CH3])(=[SiH2])[CH]1C(CC)=Cc2c(-c3ccc(C(C)CC)cc3)cccc21.Cl.Cl. The smallest absolute Gasteiger partial charge is 0.147 e. The first-order valence-electron chi connectivity index (χ1n) is 19.4. The minimum atomic E-state index is -3.74. The predicted octanol–water partition coefficient (Wildman–Crippen LogP) is 14.6. The molecule has 2 aliphatic carbocycles. The molecule has 0 nitrogen and oxygen atoms in total. The van der Waals surface area contributed by atoms with Crippen LogP contribution in [0.4, 0.5) is 0 Å². The molecule has 4 aromatic carbocycles. The molecule has 5 unspecified atom stereocenters. The van der Waals surface area contributed by atoms with Gasteiger partial charge < -0.3 is 0 Å². The van der Waals surface area contributed by atoms with Gasteiger partial charge in [0.25, 0.3) is 0 Å². The molecule has 0 saturated heterocycles. The van der Waals surface area contributed by atoms with E-state index in [9.17, 15) is 0 Å². The fraction of sp³-hybridized carbons (Fsp3) is 0.404. The molecule has 0 aliphatic heterocycles. The van der Waals surface area contributed by atoms with E-state index in [2.05, 4.69) is 162 Å². The molecule has 51 heavy (non-hydrogen) atoms. The van der Waals surface area contributed by atoms with Crippen molar-refractivity contribution in [1.82, 2.24) is 0 Å². The first kappa shape index (κ1) is 41.8. The Bertz CT molecular complexity index is 1960. The summed E-state index contributed by atoms with van der Waals surface area (Å²) >= 11 is -3.74. The Morgan fingerprint density at radius 2 is 1.04 bits per heavy atom. The van der Waals surface area contributed by atoms with Crippen molar-refractivity contribution >= 4 is 43.8 Å². The van der Waals surface area contributed by atoms with E-state index in [0.29, 0.717) is 25.0 Å². The van der Waals surface area contributed by atoms with E-state index >= 15 is 0 Å². The first-order chi connectivity index (χ1) is 23.4. The van der Waals surface area contributed by atoms with Gasteiger partial charge in [0.15, 0.2) is 0 Å². The fourth-order valence-electron chi connectivity index (χ4n) is 9.52. The van der Waals surface area contributed by atoms with Crippen molar-refractivity contribution in [2.24, 2.45) is 5.92 Å². The Morgan fingerprint density at radius 3 is 1.47 bits per heavy atom. The molecule has 2 aliphatic rings. The van der Waals surface area contributed by atoms with Crippen molar-refractivity contribution in [2.45, 2.75) is 109 Å². The van der Waals surface area contributed by atoms with Crippen LogP contribution in [0.1, 0.15) is 133 Å². The minimum Gasteiger partial charge on any atom is -0.147 e. The van der Waals surface area contributed by atoms with E-state index in [1.807, 2.05) is 0 Å². The van der Waals surface area contributed by atoms with Crippen molar-refractivity contribution in [1.29, 1.82) is 0 Å². The number of hydrogen-bond acceptors (Lipinski definition) is 0. The summed E-state index contributed by atoms with van der Waals surface area (Å²) in [4.78, 5) is 0. The molecule has 0 aromatic heterocycles. The van der Waals surface area contributed by atoms with Crippen LogP contribution in [0.2, 0.25) is 9.26 Å². The van der Waals surface area contributed by atoms with Crippen LogP contribution in [0.25, 0.3) is 34.4 Å². The fourth-order valence-corrected chi connectivity index (χ4v) is 29.4. The van der Waals surface area contributed by atoms with Crippen LogP contribution in [0, 0.1) is 5.92 Å². The molecule has 0 bridgehead atoms. The minimum absolute atomic E-state index is 0. The summed E-state index contributed by atoms with van der Waals surface area (Å²) in [5.41, 5.74) is 18.0. The van der Waals surface area contributed by atoms with Crippen molar-refractivity contribution in [3.05, 3.63) is 129 Å². The van der Waals surface area contributed by atoms with Gasteiger partial charge in [-0.2, -0.15) is 0 Å². The second kappa shape index (κ2) is 16.6.